The summed E-state index contributed by atoms with van der Waals surface area (Å²) in [7, 11) is 1.59. The van der Waals surface area contributed by atoms with E-state index in [0.717, 1.165) is 11.3 Å². The average Bonchev–Trinajstić information content (AvgIpc) is 2.39. The summed E-state index contributed by atoms with van der Waals surface area (Å²) in [6.45, 7) is 0. The molecule has 1 aromatic carbocycles. The first-order valence-corrected chi connectivity index (χ1v) is 5.25. The molecular formula is C13H12N2O3. The van der Waals surface area contributed by atoms with Crippen molar-refractivity contribution < 1.29 is 14.6 Å². The second-order valence-corrected chi connectivity index (χ2v) is 3.69. The fraction of sp³-hybridized carbons (Fsp3) is 0.0769. The lowest BCUT2D eigenvalue weighted by atomic mass is 10.1. The Hall–Kier alpha value is -2.56. The van der Waals surface area contributed by atoms with Crippen molar-refractivity contribution in [3.63, 3.8) is 0 Å². The van der Waals surface area contributed by atoms with Crippen LogP contribution in [-0.4, -0.2) is 23.2 Å². The third-order valence-electron chi connectivity index (χ3n) is 2.57. The number of hydrogen-bond acceptors (Lipinski definition) is 4. The largest absolute Gasteiger partial charge is 0.497 e. The summed E-state index contributed by atoms with van der Waals surface area (Å²) in [6, 6.07) is 8.76. The normalized spacial score (nSPS) is 10.1. The number of rotatable bonds is 3. The molecule has 1 aromatic heterocycles. The van der Waals surface area contributed by atoms with Crippen LogP contribution in [0.15, 0.2) is 36.5 Å². The van der Waals surface area contributed by atoms with Crippen molar-refractivity contribution in [1.82, 2.24) is 4.98 Å². The maximum absolute atomic E-state index is 11.0. The van der Waals surface area contributed by atoms with Gasteiger partial charge in [-0.1, -0.05) is 12.1 Å². The minimum Gasteiger partial charge on any atom is -0.497 e. The summed E-state index contributed by atoms with van der Waals surface area (Å²) in [5.74, 6) is -0.337. The van der Waals surface area contributed by atoms with Crippen molar-refractivity contribution in [2.24, 2.45) is 0 Å². The molecule has 0 unspecified atom stereocenters. The molecule has 18 heavy (non-hydrogen) atoms. The van der Waals surface area contributed by atoms with Crippen LogP contribution < -0.4 is 10.5 Å². The van der Waals surface area contributed by atoms with Crippen LogP contribution in [0.5, 0.6) is 5.75 Å². The first kappa shape index (κ1) is 11.9. The lowest BCUT2D eigenvalue weighted by Crippen LogP contribution is -2.04. The van der Waals surface area contributed by atoms with Crippen molar-refractivity contribution in [3.05, 3.63) is 42.1 Å². The summed E-state index contributed by atoms with van der Waals surface area (Å²) in [6.07, 6.45) is 1.55. The summed E-state index contributed by atoms with van der Waals surface area (Å²) in [5.41, 5.74) is 7.06. The smallest absolute Gasteiger partial charge is 0.339 e. The molecule has 0 bridgehead atoms. The highest BCUT2D eigenvalue weighted by molar-refractivity contribution is 5.94. The molecule has 2 aromatic rings. The van der Waals surface area contributed by atoms with Crippen molar-refractivity contribution >= 4 is 11.8 Å². The third kappa shape index (κ3) is 2.24. The number of carbonyl (C=O) groups is 1. The quantitative estimate of drug-likeness (QED) is 0.862. The van der Waals surface area contributed by atoms with Crippen LogP contribution in [0.3, 0.4) is 0 Å². The zero-order valence-electron chi connectivity index (χ0n) is 9.75. The Kier molecular flexibility index (Phi) is 3.14. The van der Waals surface area contributed by atoms with E-state index in [1.54, 1.807) is 25.4 Å². The second-order valence-electron chi connectivity index (χ2n) is 3.69. The molecule has 0 aliphatic heterocycles. The third-order valence-corrected chi connectivity index (χ3v) is 2.57. The number of pyridine rings is 1. The molecule has 2 rings (SSSR count). The van der Waals surface area contributed by atoms with Gasteiger partial charge in [0.15, 0.2) is 0 Å². The lowest BCUT2D eigenvalue weighted by Gasteiger charge is -2.06. The number of nitrogen functional groups attached to an aromatic ring is 1. The number of nitrogens with two attached hydrogens (primary N) is 1. The standard InChI is InChI=1S/C13H12N2O3/c1-18-10-4-2-8(3-5-10)9-6-11(13(16)17)12(14)15-7-9/h2-7H,1H3,(H2,14,15)(H,16,17). The fourth-order valence-corrected chi connectivity index (χ4v) is 1.59. The maximum atomic E-state index is 11.0. The molecule has 0 saturated heterocycles. The molecular weight excluding hydrogens is 232 g/mol. The van der Waals surface area contributed by atoms with Gasteiger partial charge < -0.3 is 15.6 Å². The van der Waals surface area contributed by atoms with E-state index in [-0.39, 0.29) is 11.4 Å². The minimum atomic E-state index is -1.09. The van der Waals surface area contributed by atoms with E-state index in [9.17, 15) is 4.79 Å². The molecule has 5 nitrogen and oxygen atoms in total. The van der Waals surface area contributed by atoms with Crippen LogP contribution in [0.4, 0.5) is 5.82 Å². The SMILES string of the molecule is COc1ccc(-c2cnc(N)c(C(=O)O)c2)cc1. The number of carboxylic acid groups (broad SMARTS) is 1. The van der Waals surface area contributed by atoms with E-state index in [1.165, 1.54) is 6.07 Å². The number of hydrogen-bond donors (Lipinski definition) is 2. The van der Waals surface area contributed by atoms with Gasteiger partial charge in [0.2, 0.25) is 0 Å². The van der Waals surface area contributed by atoms with E-state index < -0.39 is 5.97 Å². The highest BCUT2D eigenvalue weighted by Gasteiger charge is 2.10. The Balaban J connectivity index is 2.44. The highest BCUT2D eigenvalue weighted by atomic mass is 16.5. The molecule has 0 saturated carbocycles. The Morgan fingerprint density at radius 3 is 2.50 bits per heavy atom. The van der Waals surface area contributed by atoms with Crippen LogP contribution in [0, 0.1) is 0 Å². The monoisotopic (exact) mass is 244 g/mol. The van der Waals surface area contributed by atoms with Gasteiger partial charge in [-0.05, 0) is 23.8 Å². The zero-order chi connectivity index (χ0) is 13.1. The number of benzene rings is 1. The van der Waals surface area contributed by atoms with Crippen molar-refractivity contribution in [3.8, 4) is 16.9 Å². The summed E-state index contributed by atoms with van der Waals surface area (Å²) < 4.78 is 5.06. The summed E-state index contributed by atoms with van der Waals surface area (Å²) >= 11 is 0. The van der Waals surface area contributed by atoms with E-state index >= 15 is 0 Å². The van der Waals surface area contributed by atoms with Gasteiger partial charge >= 0.3 is 5.97 Å². The van der Waals surface area contributed by atoms with Gasteiger partial charge in [-0.3, -0.25) is 0 Å². The molecule has 0 atom stereocenters. The highest BCUT2D eigenvalue weighted by Crippen LogP contribution is 2.24. The van der Waals surface area contributed by atoms with Crippen LogP contribution in [0.25, 0.3) is 11.1 Å². The maximum Gasteiger partial charge on any atom is 0.339 e. The Labute approximate surface area is 104 Å². The number of aromatic nitrogens is 1. The van der Waals surface area contributed by atoms with Gasteiger partial charge in [0.1, 0.15) is 17.1 Å². The van der Waals surface area contributed by atoms with E-state index in [1.807, 2.05) is 12.1 Å². The van der Waals surface area contributed by atoms with E-state index in [4.69, 9.17) is 15.6 Å². The van der Waals surface area contributed by atoms with Crippen LogP contribution in [0.2, 0.25) is 0 Å². The van der Waals surface area contributed by atoms with E-state index in [2.05, 4.69) is 4.98 Å². The van der Waals surface area contributed by atoms with Gasteiger partial charge in [-0.2, -0.15) is 0 Å². The second kappa shape index (κ2) is 4.75. The summed E-state index contributed by atoms with van der Waals surface area (Å²) in [5, 5.41) is 8.98. The first-order chi connectivity index (χ1) is 8.61. The van der Waals surface area contributed by atoms with E-state index in [0.29, 0.717) is 5.56 Å². The van der Waals surface area contributed by atoms with Gasteiger partial charge in [-0.25, -0.2) is 9.78 Å². The topological polar surface area (TPSA) is 85.4 Å². The molecule has 0 amide bonds. The number of aromatic carboxylic acids is 1. The molecule has 0 aliphatic carbocycles. The van der Waals surface area contributed by atoms with Crippen LogP contribution in [0.1, 0.15) is 10.4 Å². The average molecular weight is 244 g/mol. The van der Waals surface area contributed by atoms with Crippen LogP contribution in [-0.2, 0) is 0 Å². The lowest BCUT2D eigenvalue weighted by molar-refractivity contribution is 0.0697. The molecule has 0 spiro atoms. The van der Waals surface area contributed by atoms with Crippen LogP contribution >= 0.6 is 0 Å². The molecule has 3 N–H and O–H groups in total. The fourth-order valence-electron chi connectivity index (χ4n) is 1.59. The molecule has 0 fully saturated rings. The predicted molar refractivity (Wildman–Crippen MR) is 67.6 cm³/mol. The summed E-state index contributed by atoms with van der Waals surface area (Å²) in [4.78, 5) is 14.9. The Bertz CT molecular complexity index is 579. The number of methoxy groups -OCH3 is 1. The predicted octanol–water partition coefficient (Wildman–Crippen LogP) is 2.04. The molecule has 0 aliphatic rings. The number of carboxylic acids is 1. The number of ether oxygens (including phenoxy) is 1. The Morgan fingerprint density at radius 1 is 1.28 bits per heavy atom. The van der Waals surface area contributed by atoms with Gasteiger partial charge in [0.25, 0.3) is 0 Å². The first-order valence-electron chi connectivity index (χ1n) is 5.25. The van der Waals surface area contributed by atoms with Crippen molar-refractivity contribution in [2.75, 3.05) is 12.8 Å². The minimum absolute atomic E-state index is 0.00307. The molecule has 5 heteroatoms. The molecule has 92 valence electrons. The number of anilines is 1. The zero-order valence-corrected chi connectivity index (χ0v) is 9.75. The Morgan fingerprint density at radius 2 is 1.94 bits per heavy atom. The molecule has 1 heterocycles. The van der Waals surface area contributed by atoms with Crippen molar-refractivity contribution in [2.45, 2.75) is 0 Å². The van der Waals surface area contributed by atoms with Crippen molar-refractivity contribution in [1.29, 1.82) is 0 Å². The molecule has 0 radical (unpaired) electrons. The van der Waals surface area contributed by atoms with Gasteiger partial charge in [0, 0.05) is 11.8 Å². The van der Waals surface area contributed by atoms with Gasteiger partial charge in [-0.15, -0.1) is 0 Å². The number of nitrogens with zero attached hydrogens (tertiary/aromatic N) is 1. The van der Waals surface area contributed by atoms with Gasteiger partial charge in [0.05, 0.1) is 7.11 Å².